The molecule has 1 amide bonds. The molecule has 1 fully saturated rings. The fourth-order valence-electron chi connectivity index (χ4n) is 4.02. The quantitative estimate of drug-likeness (QED) is 0.538. The number of nitrogens with zero attached hydrogens (tertiary/aromatic N) is 3. The second kappa shape index (κ2) is 9.04. The molecule has 1 aliphatic heterocycles. The minimum absolute atomic E-state index is 0.0242. The molecule has 0 N–H and O–H groups in total. The molecule has 2 atom stereocenters. The Morgan fingerprint density at radius 2 is 1.81 bits per heavy atom. The van der Waals surface area contributed by atoms with E-state index in [2.05, 4.69) is 15.9 Å². The van der Waals surface area contributed by atoms with Crippen molar-refractivity contribution in [2.45, 2.75) is 65.6 Å². The lowest BCUT2D eigenvalue weighted by atomic mass is 9.88. The van der Waals surface area contributed by atoms with E-state index in [9.17, 15) is 9.59 Å². The number of halogens is 1. The summed E-state index contributed by atoms with van der Waals surface area (Å²) in [5.41, 5.74) is 0.742. The molecule has 3 rings (SSSR count). The summed E-state index contributed by atoms with van der Waals surface area (Å²) in [5.74, 6) is 0.149. The molecule has 1 unspecified atom stereocenters. The number of aryl methyl sites for hydroxylation is 1. The van der Waals surface area contributed by atoms with Crippen LogP contribution in [-0.4, -0.2) is 50.8 Å². The molecule has 0 bridgehead atoms. The van der Waals surface area contributed by atoms with Crippen LogP contribution in [0.3, 0.4) is 0 Å². The molecule has 0 radical (unpaired) electrons. The number of fused-ring (bicyclic) bond motifs is 1. The van der Waals surface area contributed by atoms with Crippen LogP contribution in [0, 0.1) is 11.8 Å². The van der Waals surface area contributed by atoms with Crippen molar-refractivity contribution >= 4 is 39.0 Å². The maximum atomic E-state index is 13.2. The fourth-order valence-corrected chi connectivity index (χ4v) is 4.37. The zero-order valence-corrected chi connectivity index (χ0v) is 21.7. The second-order valence-electron chi connectivity index (χ2n) is 10.5. The molecule has 2 aromatic rings. The van der Waals surface area contributed by atoms with Crippen LogP contribution in [0.25, 0.3) is 11.0 Å². The topological polar surface area (TPSA) is 73.7 Å². The Bertz CT molecular complexity index is 1000. The molecule has 1 aromatic heterocycles. The van der Waals surface area contributed by atoms with E-state index in [-0.39, 0.29) is 18.0 Å². The Morgan fingerprint density at radius 3 is 2.44 bits per heavy atom. The van der Waals surface area contributed by atoms with Gasteiger partial charge in [0.2, 0.25) is 0 Å². The number of amides is 1. The van der Waals surface area contributed by atoms with Crippen molar-refractivity contribution in [3.05, 3.63) is 28.5 Å². The largest absolute Gasteiger partial charge is 0.460 e. The van der Waals surface area contributed by atoms with E-state index in [4.69, 9.17) is 14.5 Å². The van der Waals surface area contributed by atoms with E-state index in [0.29, 0.717) is 19.5 Å². The third-order valence-electron chi connectivity index (χ3n) is 5.49. The lowest BCUT2D eigenvalue weighted by molar-refractivity contribution is -0.162. The molecule has 1 aliphatic rings. The summed E-state index contributed by atoms with van der Waals surface area (Å²) in [6.45, 7) is 12.2. The summed E-state index contributed by atoms with van der Waals surface area (Å²) < 4.78 is 14.3. The van der Waals surface area contributed by atoms with E-state index < -0.39 is 17.1 Å². The molecule has 2 heterocycles. The monoisotopic (exact) mass is 507 g/mol. The second-order valence-corrected chi connectivity index (χ2v) is 11.5. The molecule has 0 aliphatic carbocycles. The van der Waals surface area contributed by atoms with Crippen molar-refractivity contribution in [1.29, 1.82) is 0 Å². The summed E-state index contributed by atoms with van der Waals surface area (Å²) >= 11 is 3.51. The number of aromatic nitrogens is 2. The fraction of sp³-hybridized carbons (Fsp3) is 0.625. The Balaban J connectivity index is 1.84. The minimum atomic E-state index is -0.587. The lowest BCUT2D eigenvalue weighted by Gasteiger charge is -2.28. The maximum absolute atomic E-state index is 13.2. The Labute approximate surface area is 198 Å². The zero-order valence-electron chi connectivity index (χ0n) is 20.1. The van der Waals surface area contributed by atoms with Crippen molar-refractivity contribution in [1.82, 2.24) is 14.5 Å². The first kappa shape index (κ1) is 24.6. The highest BCUT2D eigenvalue weighted by Crippen LogP contribution is 2.31. The van der Waals surface area contributed by atoms with Crippen LogP contribution < -0.4 is 0 Å². The van der Waals surface area contributed by atoms with Crippen LogP contribution in [0.4, 0.5) is 4.79 Å². The van der Waals surface area contributed by atoms with E-state index in [0.717, 1.165) is 27.8 Å². The molecular formula is C24H34BrN3O4. The Kier molecular flexibility index (Phi) is 6.94. The first-order chi connectivity index (χ1) is 14.7. The van der Waals surface area contributed by atoms with Gasteiger partial charge in [-0.1, -0.05) is 15.9 Å². The molecule has 0 saturated carbocycles. The molecule has 32 heavy (non-hydrogen) atoms. The highest BCUT2D eigenvalue weighted by molar-refractivity contribution is 9.10. The van der Waals surface area contributed by atoms with Crippen LogP contribution in [0.15, 0.2) is 22.7 Å². The van der Waals surface area contributed by atoms with Gasteiger partial charge in [-0.05, 0) is 72.1 Å². The van der Waals surface area contributed by atoms with E-state index in [1.54, 1.807) is 4.90 Å². The van der Waals surface area contributed by atoms with Gasteiger partial charge in [0.25, 0.3) is 0 Å². The van der Waals surface area contributed by atoms with Gasteiger partial charge in [0.05, 0.1) is 17.0 Å². The average molecular weight is 508 g/mol. The van der Waals surface area contributed by atoms with Gasteiger partial charge in [-0.15, -0.1) is 0 Å². The summed E-state index contributed by atoms with van der Waals surface area (Å²) in [4.78, 5) is 32.3. The average Bonchev–Trinajstić information content (AvgIpc) is 3.23. The standard InChI is InChI=1S/C24H34BrN3O4/c1-23(2,3)31-21(29)17(15-10-11-28(14-15)22(30)32-24(4,5)6)13-20-26-18-9-8-16(25)12-19(18)27(20)7/h8-9,12,15,17H,10-11,13-14H2,1-7H3/t15-,17?/m0/s1. The Hall–Kier alpha value is -2.09. The van der Waals surface area contributed by atoms with Gasteiger partial charge in [0.15, 0.2) is 0 Å². The van der Waals surface area contributed by atoms with E-state index in [1.165, 1.54) is 0 Å². The van der Waals surface area contributed by atoms with Gasteiger partial charge in [0, 0.05) is 31.0 Å². The normalized spacial score (nSPS) is 18.1. The maximum Gasteiger partial charge on any atom is 0.410 e. The SMILES string of the molecule is Cn1c(CC(C(=O)OC(C)(C)C)[C@H]2CCN(C(=O)OC(C)(C)C)C2)nc2ccc(Br)cc21. The summed E-state index contributed by atoms with van der Waals surface area (Å²) in [5, 5.41) is 0. The van der Waals surface area contributed by atoms with Crippen molar-refractivity contribution in [2.24, 2.45) is 18.9 Å². The zero-order chi connectivity index (χ0) is 23.8. The number of ether oxygens (including phenoxy) is 2. The molecule has 8 heteroatoms. The number of hydrogen-bond acceptors (Lipinski definition) is 5. The first-order valence-electron chi connectivity index (χ1n) is 11.0. The minimum Gasteiger partial charge on any atom is -0.460 e. The van der Waals surface area contributed by atoms with Crippen LogP contribution in [0.1, 0.15) is 53.8 Å². The first-order valence-corrected chi connectivity index (χ1v) is 11.8. The van der Waals surface area contributed by atoms with E-state index in [1.807, 2.05) is 71.4 Å². The predicted octanol–water partition coefficient (Wildman–Crippen LogP) is 5.09. The van der Waals surface area contributed by atoms with Gasteiger partial charge < -0.3 is 18.9 Å². The highest BCUT2D eigenvalue weighted by Gasteiger charge is 2.39. The van der Waals surface area contributed by atoms with Crippen molar-refractivity contribution in [3.63, 3.8) is 0 Å². The lowest BCUT2D eigenvalue weighted by Crippen LogP contribution is -2.38. The number of carbonyl (C=O) groups is 2. The van der Waals surface area contributed by atoms with E-state index >= 15 is 0 Å². The molecular weight excluding hydrogens is 474 g/mol. The van der Waals surface area contributed by atoms with Crippen LogP contribution >= 0.6 is 15.9 Å². The molecule has 176 valence electrons. The predicted molar refractivity (Wildman–Crippen MR) is 127 cm³/mol. The molecule has 1 saturated heterocycles. The number of imidazole rings is 1. The summed E-state index contributed by atoms with van der Waals surface area (Å²) in [7, 11) is 1.96. The van der Waals surface area contributed by atoms with Gasteiger partial charge >= 0.3 is 12.1 Å². The number of benzene rings is 1. The van der Waals surface area contributed by atoms with Gasteiger partial charge in [0.1, 0.15) is 17.0 Å². The van der Waals surface area contributed by atoms with Crippen molar-refractivity contribution < 1.29 is 19.1 Å². The number of rotatable bonds is 4. The molecule has 7 nitrogen and oxygen atoms in total. The molecule has 0 spiro atoms. The third-order valence-corrected chi connectivity index (χ3v) is 5.99. The van der Waals surface area contributed by atoms with Gasteiger partial charge in [-0.3, -0.25) is 4.79 Å². The van der Waals surface area contributed by atoms with Crippen molar-refractivity contribution in [3.8, 4) is 0 Å². The number of esters is 1. The number of carbonyl (C=O) groups excluding carboxylic acids is 2. The highest BCUT2D eigenvalue weighted by atomic mass is 79.9. The summed E-state index contributed by atoms with van der Waals surface area (Å²) in [6.07, 6.45) is 0.832. The van der Waals surface area contributed by atoms with Gasteiger partial charge in [-0.25, -0.2) is 9.78 Å². The van der Waals surface area contributed by atoms with Crippen LogP contribution in [-0.2, 0) is 27.7 Å². The Morgan fingerprint density at radius 1 is 1.16 bits per heavy atom. The van der Waals surface area contributed by atoms with Crippen LogP contribution in [0.2, 0.25) is 0 Å². The number of hydrogen-bond donors (Lipinski definition) is 0. The summed E-state index contributed by atoms with van der Waals surface area (Å²) in [6, 6.07) is 5.94. The third kappa shape index (κ3) is 6.03. The van der Waals surface area contributed by atoms with Gasteiger partial charge in [-0.2, -0.15) is 0 Å². The number of likely N-dealkylation sites (tertiary alicyclic amines) is 1. The van der Waals surface area contributed by atoms with Crippen molar-refractivity contribution in [2.75, 3.05) is 13.1 Å². The molecule has 1 aromatic carbocycles. The smallest absolute Gasteiger partial charge is 0.410 e. The van der Waals surface area contributed by atoms with Crippen LogP contribution in [0.5, 0.6) is 0 Å².